The van der Waals surface area contributed by atoms with Crippen LogP contribution in [0.4, 0.5) is 5.13 Å². The quantitative estimate of drug-likeness (QED) is 0.495. The van der Waals surface area contributed by atoms with Crippen LogP contribution in [0.1, 0.15) is 31.7 Å². The monoisotopic (exact) mass is 408 g/mol. The predicted octanol–water partition coefficient (Wildman–Crippen LogP) is 4.32. The standard InChI is InChI=1S/C22H24N4O2S/c1-3-4-7-15-10-11-16-19(14-15)29-21(23-16)24-20(27)12-13-26-18-9-6-5-8-17(18)25(2)22(26)28/h5-6,8-11,14H,3-4,7,12-13H2,1-2H3,(H,23,24,27). The minimum atomic E-state index is -0.143. The first-order chi connectivity index (χ1) is 14.1. The number of hydrogen-bond donors (Lipinski definition) is 1. The summed E-state index contributed by atoms with van der Waals surface area (Å²) < 4.78 is 4.34. The summed E-state index contributed by atoms with van der Waals surface area (Å²) in [6.45, 7) is 2.52. The third kappa shape index (κ3) is 3.96. The number of rotatable bonds is 7. The lowest BCUT2D eigenvalue weighted by molar-refractivity contribution is -0.116. The van der Waals surface area contributed by atoms with Gasteiger partial charge in [0, 0.05) is 20.0 Å². The number of nitrogens with one attached hydrogen (secondary N) is 1. The van der Waals surface area contributed by atoms with Gasteiger partial charge in [0.25, 0.3) is 0 Å². The van der Waals surface area contributed by atoms with Crippen LogP contribution in [0.25, 0.3) is 21.3 Å². The molecule has 4 rings (SSSR count). The van der Waals surface area contributed by atoms with Crippen molar-refractivity contribution in [3.05, 3.63) is 58.5 Å². The molecule has 0 aliphatic heterocycles. The molecule has 0 radical (unpaired) electrons. The maximum atomic E-state index is 12.5. The average molecular weight is 409 g/mol. The number of carbonyl (C=O) groups excluding carboxylic acids is 1. The second-order valence-corrected chi connectivity index (χ2v) is 8.24. The Morgan fingerprint density at radius 1 is 1.17 bits per heavy atom. The summed E-state index contributed by atoms with van der Waals surface area (Å²) in [5.41, 5.74) is 3.79. The molecule has 7 heteroatoms. The van der Waals surface area contributed by atoms with Gasteiger partial charge in [0.2, 0.25) is 5.91 Å². The third-order valence-electron chi connectivity index (χ3n) is 5.13. The summed E-state index contributed by atoms with van der Waals surface area (Å²) in [6, 6.07) is 13.9. The molecule has 4 aromatic rings. The number of benzene rings is 2. The Bertz CT molecular complexity index is 1230. The highest BCUT2D eigenvalue weighted by Gasteiger charge is 2.13. The van der Waals surface area contributed by atoms with E-state index in [0.717, 1.165) is 27.7 Å². The first kappa shape index (κ1) is 19.4. The van der Waals surface area contributed by atoms with Crippen molar-refractivity contribution in [1.82, 2.24) is 14.1 Å². The Kier molecular flexibility index (Phi) is 5.49. The highest BCUT2D eigenvalue weighted by atomic mass is 32.1. The number of fused-ring (bicyclic) bond motifs is 2. The van der Waals surface area contributed by atoms with Gasteiger partial charge in [-0.1, -0.05) is 42.9 Å². The molecule has 0 fully saturated rings. The molecule has 0 aliphatic carbocycles. The van der Waals surface area contributed by atoms with Crippen LogP contribution in [0.2, 0.25) is 0 Å². The van der Waals surface area contributed by atoms with E-state index < -0.39 is 0 Å². The third-order valence-corrected chi connectivity index (χ3v) is 6.07. The van der Waals surface area contributed by atoms with E-state index in [1.807, 2.05) is 30.3 Å². The summed E-state index contributed by atoms with van der Waals surface area (Å²) >= 11 is 1.49. The number of hydrogen-bond acceptors (Lipinski definition) is 4. The number of nitrogens with zero attached hydrogens (tertiary/aromatic N) is 3. The van der Waals surface area contributed by atoms with Gasteiger partial charge >= 0.3 is 5.69 Å². The molecule has 0 aliphatic rings. The van der Waals surface area contributed by atoms with Gasteiger partial charge in [-0.2, -0.15) is 0 Å². The van der Waals surface area contributed by atoms with Crippen molar-refractivity contribution in [1.29, 1.82) is 0 Å². The largest absolute Gasteiger partial charge is 0.328 e. The zero-order valence-corrected chi connectivity index (χ0v) is 17.5. The maximum absolute atomic E-state index is 12.5. The molecule has 0 saturated carbocycles. The van der Waals surface area contributed by atoms with Crippen molar-refractivity contribution in [3.63, 3.8) is 0 Å². The number of imidazole rings is 1. The van der Waals surface area contributed by atoms with Crippen LogP contribution in [0.5, 0.6) is 0 Å². The van der Waals surface area contributed by atoms with Gasteiger partial charge < -0.3 is 5.32 Å². The molecule has 0 saturated heterocycles. The fraction of sp³-hybridized carbons (Fsp3) is 0.318. The molecule has 0 spiro atoms. The Labute approximate surface area is 172 Å². The Hall–Kier alpha value is -2.93. The second kappa shape index (κ2) is 8.21. The molecule has 29 heavy (non-hydrogen) atoms. The fourth-order valence-electron chi connectivity index (χ4n) is 3.53. The van der Waals surface area contributed by atoms with E-state index in [-0.39, 0.29) is 18.0 Å². The molecule has 6 nitrogen and oxygen atoms in total. The summed E-state index contributed by atoms with van der Waals surface area (Å²) in [7, 11) is 1.75. The molecule has 150 valence electrons. The van der Waals surface area contributed by atoms with E-state index in [0.29, 0.717) is 11.7 Å². The van der Waals surface area contributed by atoms with Crippen LogP contribution < -0.4 is 11.0 Å². The molecular weight excluding hydrogens is 384 g/mol. The minimum Gasteiger partial charge on any atom is -0.302 e. The lowest BCUT2D eigenvalue weighted by Crippen LogP contribution is -2.24. The highest BCUT2D eigenvalue weighted by Crippen LogP contribution is 2.27. The average Bonchev–Trinajstić information content (AvgIpc) is 3.23. The molecule has 0 bridgehead atoms. The van der Waals surface area contributed by atoms with Crippen LogP contribution in [0.15, 0.2) is 47.3 Å². The first-order valence-electron chi connectivity index (χ1n) is 9.90. The van der Waals surface area contributed by atoms with Crippen LogP contribution in [0, 0.1) is 0 Å². The van der Waals surface area contributed by atoms with Crippen LogP contribution in [-0.2, 0) is 24.8 Å². The van der Waals surface area contributed by atoms with Crippen molar-refractivity contribution < 1.29 is 4.79 Å². The fourth-order valence-corrected chi connectivity index (χ4v) is 4.48. The molecule has 2 aromatic carbocycles. The molecule has 0 atom stereocenters. The van der Waals surface area contributed by atoms with E-state index in [9.17, 15) is 9.59 Å². The van der Waals surface area contributed by atoms with Crippen molar-refractivity contribution >= 4 is 43.6 Å². The highest BCUT2D eigenvalue weighted by molar-refractivity contribution is 7.22. The Morgan fingerprint density at radius 2 is 1.97 bits per heavy atom. The van der Waals surface area contributed by atoms with Crippen LogP contribution in [-0.4, -0.2) is 20.0 Å². The molecule has 0 unspecified atom stereocenters. The Morgan fingerprint density at radius 3 is 2.76 bits per heavy atom. The summed E-state index contributed by atoms with van der Waals surface area (Å²) in [4.78, 5) is 29.4. The predicted molar refractivity (Wildman–Crippen MR) is 119 cm³/mol. The van der Waals surface area contributed by atoms with Crippen molar-refractivity contribution in [2.75, 3.05) is 5.32 Å². The van der Waals surface area contributed by atoms with Crippen LogP contribution in [0.3, 0.4) is 0 Å². The van der Waals surface area contributed by atoms with Crippen molar-refractivity contribution in [3.8, 4) is 0 Å². The summed E-state index contributed by atoms with van der Waals surface area (Å²) in [5.74, 6) is -0.143. The lowest BCUT2D eigenvalue weighted by atomic mass is 10.1. The normalized spacial score (nSPS) is 11.4. The van der Waals surface area contributed by atoms with Gasteiger partial charge in [-0.05, 0) is 42.7 Å². The van der Waals surface area contributed by atoms with Gasteiger partial charge in [-0.15, -0.1) is 0 Å². The lowest BCUT2D eigenvalue weighted by Gasteiger charge is -2.03. The zero-order chi connectivity index (χ0) is 20.4. The number of aryl methyl sites for hydroxylation is 3. The van der Waals surface area contributed by atoms with E-state index >= 15 is 0 Å². The number of unbranched alkanes of at least 4 members (excludes halogenated alkanes) is 1. The van der Waals surface area contributed by atoms with Gasteiger partial charge in [-0.25, -0.2) is 9.78 Å². The molecule has 1 N–H and O–H groups in total. The van der Waals surface area contributed by atoms with Gasteiger partial charge in [0.1, 0.15) is 0 Å². The summed E-state index contributed by atoms with van der Waals surface area (Å²) in [5, 5.41) is 3.48. The Balaban J connectivity index is 1.45. The summed E-state index contributed by atoms with van der Waals surface area (Å²) in [6.07, 6.45) is 3.61. The number of thiazole rings is 1. The van der Waals surface area contributed by atoms with Crippen molar-refractivity contribution in [2.24, 2.45) is 7.05 Å². The second-order valence-electron chi connectivity index (χ2n) is 7.20. The smallest absolute Gasteiger partial charge is 0.302 e. The number of aromatic nitrogens is 3. The van der Waals surface area contributed by atoms with E-state index in [2.05, 4.69) is 29.4 Å². The van der Waals surface area contributed by atoms with Gasteiger partial charge in [0.15, 0.2) is 5.13 Å². The van der Waals surface area contributed by atoms with Gasteiger partial charge in [0.05, 0.1) is 21.3 Å². The minimum absolute atomic E-state index is 0.112. The SMILES string of the molecule is CCCCc1ccc2nc(NC(=O)CCn3c(=O)n(C)c4ccccc43)sc2c1. The van der Waals surface area contributed by atoms with E-state index in [4.69, 9.17) is 0 Å². The van der Waals surface area contributed by atoms with Crippen molar-refractivity contribution in [2.45, 2.75) is 39.2 Å². The zero-order valence-electron chi connectivity index (χ0n) is 16.6. The molecule has 1 amide bonds. The van der Waals surface area contributed by atoms with Crippen LogP contribution >= 0.6 is 11.3 Å². The molecular formula is C22H24N4O2S. The first-order valence-corrected chi connectivity index (χ1v) is 10.7. The van der Waals surface area contributed by atoms with E-state index in [1.165, 1.54) is 29.7 Å². The number of anilines is 1. The molecule has 2 aromatic heterocycles. The number of para-hydroxylation sites is 2. The van der Waals surface area contributed by atoms with Gasteiger partial charge in [-0.3, -0.25) is 13.9 Å². The number of amides is 1. The number of carbonyl (C=O) groups is 1. The van der Waals surface area contributed by atoms with E-state index in [1.54, 1.807) is 16.2 Å². The maximum Gasteiger partial charge on any atom is 0.328 e. The topological polar surface area (TPSA) is 68.9 Å². The molecule has 2 heterocycles.